The molecule has 82 valence electrons. The summed E-state index contributed by atoms with van der Waals surface area (Å²) in [6, 6.07) is 0. The SMILES string of the molecule is Cc1nc(N)nc(SC(C)C)c1[N+](=O)[O-]. The number of hydrogen-bond donors (Lipinski definition) is 1. The predicted molar refractivity (Wildman–Crippen MR) is 58.8 cm³/mol. The quantitative estimate of drug-likeness (QED) is 0.366. The van der Waals surface area contributed by atoms with E-state index in [0.717, 1.165) is 0 Å². The van der Waals surface area contributed by atoms with E-state index < -0.39 is 4.92 Å². The van der Waals surface area contributed by atoms with Gasteiger partial charge in [-0.25, -0.2) is 4.98 Å². The normalized spacial score (nSPS) is 10.7. The van der Waals surface area contributed by atoms with E-state index >= 15 is 0 Å². The molecule has 1 heterocycles. The van der Waals surface area contributed by atoms with Crippen molar-refractivity contribution in [1.29, 1.82) is 0 Å². The van der Waals surface area contributed by atoms with Gasteiger partial charge in [-0.05, 0) is 6.92 Å². The Kier molecular flexibility index (Phi) is 3.46. The van der Waals surface area contributed by atoms with Crippen LogP contribution in [0.5, 0.6) is 0 Å². The number of nitro groups is 1. The summed E-state index contributed by atoms with van der Waals surface area (Å²) in [5.74, 6) is 0.0706. The maximum atomic E-state index is 10.8. The fourth-order valence-corrected chi connectivity index (χ4v) is 2.00. The minimum absolute atomic E-state index is 0.0529. The second kappa shape index (κ2) is 4.43. The van der Waals surface area contributed by atoms with Gasteiger partial charge in [-0.2, -0.15) is 4.98 Å². The highest BCUT2D eigenvalue weighted by atomic mass is 32.2. The van der Waals surface area contributed by atoms with Crippen LogP contribution in [0.2, 0.25) is 0 Å². The van der Waals surface area contributed by atoms with Gasteiger partial charge in [-0.1, -0.05) is 25.6 Å². The fraction of sp³-hybridized carbons (Fsp3) is 0.500. The topological polar surface area (TPSA) is 94.9 Å². The molecule has 0 radical (unpaired) electrons. The summed E-state index contributed by atoms with van der Waals surface area (Å²) in [6.45, 7) is 5.42. The van der Waals surface area contributed by atoms with E-state index in [9.17, 15) is 10.1 Å². The zero-order chi connectivity index (χ0) is 11.6. The summed E-state index contributed by atoms with van der Waals surface area (Å²) < 4.78 is 0. The van der Waals surface area contributed by atoms with Crippen LogP contribution in [0.3, 0.4) is 0 Å². The van der Waals surface area contributed by atoms with Gasteiger partial charge < -0.3 is 5.73 Å². The minimum atomic E-state index is -0.473. The summed E-state index contributed by atoms with van der Waals surface area (Å²) >= 11 is 1.31. The number of nitrogens with zero attached hydrogens (tertiary/aromatic N) is 3. The molecule has 6 nitrogen and oxygen atoms in total. The van der Waals surface area contributed by atoms with E-state index in [-0.39, 0.29) is 16.9 Å². The van der Waals surface area contributed by atoms with E-state index in [1.165, 1.54) is 11.8 Å². The fourth-order valence-electron chi connectivity index (χ4n) is 1.08. The molecule has 0 aliphatic rings. The second-order valence-corrected chi connectivity index (χ2v) is 4.81. The molecule has 0 aliphatic carbocycles. The summed E-state index contributed by atoms with van der Waals surface area (Å²) in [6.07, 6.45) is 0. The first-order valence-electron chi connectivity index (χ1n) is 4.37. The van der Waals surface area contributed by atoms with Gasteiger partial charge in [-0.3, -0.25) is 10.1 Å². The Morgan fingerprint density at radius 2 is 2.07 bits per heavy atom. The maximum absolute atomic E-state index is 10.8. The van der Waals surface area contributed by atoms with Crippen molar-refractivity contribution in [2.24, 2.45) is 0 Å². The zero-order valence-corrected chi connectivity index (χ0v) is 9.54. The lowest BCUT2D eigenvalue weighted by molar-refractivity contribution is -0.389. The van der Waals surface area contributed by atoms with Gasteiger partial charge in [0.2, 0.25) is 5.95 Å². The Labute approximate surface area is 91.4 Å². The van der Waals surface area contributed by atoms with Crippen LogP contribution >= 0.6 is 11.8 Å². The summed E-state index contributed by atoms with van der Waals surface area (Å²) in [5.41, 5.74) is 5.69. The van der Waals surface area contributed by atoms with Gasteiger partial charge in [0.25, 0.3) is 0 Å². The highest BCUT2D eigenvalue weighted by Gasteiger charge is 2.22. The van der Waals surface area contributed by atoms with Crippen molar-refractivity contribution in [3.8, 4) is 0 Å². The molecule has 0 spiro atoms. The number of aromatic nitrogens is 2. The van der Waals surface area contributed by atoms with Crippen LogP contribution in [-0.4, -0.2) is 20.1 Å². The van der Waals surface area contributed by atoms with Crippen LogP contribution in [0, 0.1) is 17.0 Å². The third kappa shape index (κ3) is 2.79. The first kappa shape index (κ1) is 11.7. The number of rotatable bonds is 3. The second-order valence-electron chi connectivity index (χ2n) is 3.24. The van der Waals surface area contributed by atoms with Crippen molar-refractivity contribution in [3.05, 3.63) is 15.8 Å². The van der Waals surface area contributed by atoms with E-state index in [2.05, 4.69) is 9.97 Å². The van der Waals surface area contributed by atoms with Crippen LogP contribution in [0.15, 0.2) is 5.03 Å². The smallest absolute Gasteiger partial charge is 0.322 e. The van der Waals surface area contributed by atoms with E-state index in [1.807, 2.05) is 13.8 Å². The first-order chi connectivity index (χ1) is 6.91. The highest BCUT2D eigenvalue weighted by molar-refractivity contribution is 7.99. The van der Waals surface area contributed by atoms with Crippen molar-refractivity contribution in [2.45, 2.75) is 31.0 Å². The number of nitrogen functional groups attached to an aromatic ring is 1. The lowest BCUT2D eigenvalue weighted by atomic mass is 10.4. The maximum Gasteiger partial charge on any atom is 0.322 e. The monoisotopic (exact) mass is 228 g/mol. The predicted octanol–water partition coefficient (Wildman–Crippen LogP) is 1.78. The van der Waals surface area contributed by atoms with Crippen molar-refractivity contribution in [1.82, 2.24) is 9.97 Å². The Bertz CT molecular complexity index is 394. The lowest BCUT2D eigenvalue weighted by Crippen LogP contribution is -2.05. The van der Waals surface area contributed by atoms with Gasteiger partial charge in [0.1, 0.15) is 5.69 Å². The Hall–Kier alpha value is -1.37. The van der Waals surface area contributed by atoms with Gasteiger partial charge >= 0.3 is 5.69 Å². The number of anilines is 1. The lowest BCUT2D eigenvalue weighted by Gasteiger charge is -2.06. The number of hydrogen-bond acceptors (Lipinski definition) is 6. The molecule has 15 heavy (non-hydrogen) atoms. The van der Waals surface area contributed by atoms with Gasteiger partial charge in [0, 0.05) is 5.25 Å². The highest BCUT2D eigenvalue weighted by Crippen LogP contribution is 2.32. The van der Waals surface area contributed by atoms with Crippen LogP contribution in [0.1, 0.15) is 19.5 Å². The Balaban J connectivity index is 3.27. The standard InChI is InChI=1S/C8H12N4O2S/c1-4(2)15-7-6(12(13)14)5(3)10-8(9)11-7/h4H,1-3H3,(H2,9,10,11). The van der Waals surface area contributed by atoms with E-state index in [1.54, 1.807) is 6.92 Å². The summed E-state index contributed by atoms with van der Waals surface area (Å²) in [5, 5.41) is 11.3. The molecular formula is C8H12N4O2S. The number of nitrogens with two attached hydrogens (primary N) is 1. The molecule has 0 aromatic carbocycles. The molecule has 2 N–H and O–H groups in total. The Morgan fingerprint density at radius 3 is 2.53 bits per heavy atom. The summed E-state index contributed by atoms with van der Waals surface area (Å²) in [7, 11) is 0. The molecule has 0 unspecified atom stereocenters. The molecule has 1 aromatic rings. The van der Waals surface area contributed by atoms with E-state index in [0.29, 0.717) is 10.7 Å². The van der Waals surface area contributed by atoms with Crippen LogP contribution in [0.25, 0.3) is 0 Å². The largest absolute Gasteiger partial charge is 0.368 e. The molecule has 0 amide bonds. The molecule has 0 atom stereocenters. The molecule has 0 saturated heterocycles. The van der Waals surface area contributed by atoms with Crippen molar-refractivity contribution < 1.29 is 4.92 Å². The molecular weight excluding hydrogens is 216 g/mol. The van der Waals surface area contributed by atoms with Crippen LogP contribution < -0.4 is 5.73 Å². The number of thioether (sulfide) groups is 1. The molecule has 1 aromatic heterocycles. The average molecular weight is 228 g/mol. The first-order valence-corrected chi connectivity index (χ1v) is 5.25. The van der Waals surface area contributed by atoms with Crippen molar-refractivity contribution in [2.75, 3.05) is 5.73 Å². The molecule has 7 heteroatoms. The third-order valence-electron chi connectivity index (χ3n) is 1.57. The molecule has 0 fully saturated rings. The molecule has 0 saturated carbocycles. The zero-order valence-electron chi connectivity index (χ0n) is 8.72. The van der Waals surface area contributed by atoms with Gasteiger partial charge in [0.05, 0.1) is 4.92 Å². The van der Waals surface area contributed by atoms with Crippen LogP contribution in [0.4, 0.5) is 11.6 Å². The van der Waals surface area contributed by atoms with E-state index in [4.69, 9.17) is 5.73 Å². The number of aryl methyl sites for hydroxylation is 1. The molecule has 0 aliphatic heterocycles. The van der Waals surface area contributed by atoms with Crippen LogP contribution in [-0.2, 0) is 0 Å². The third-order valence-corrected chi connectivity index (χ3v) is 2.55. The van der Waals surface area contributed by atoms with Gasteiger partial charge in [0.15, 0.2) is 5.03 Å². The van der Waals surface area contributed by atoms with Gasteiger partial charge in [-0.15, -0.1) is 0 Å². The van der Waals surface area contributed by atoms with Crippen molar-refractivity contribution >= 4 is 23.4 Å². The molecule has 0 bridgehead atoms. The Morgan fingerprint density at radius 1 is 1.47 bits per heavy atom. The molecule has 1 rings (SSSR count). The van der Waals surface area contributed by atoms with Crippen molar-refractivity contribution in [3.63, 3.8) is 0 Å². The minimum Gasteiger partial charge on any atom is -0.368 e. The average Bonchev–Trinajstić information content (AvgIpc) is 1.99. The summed E-state index contributed by atoms with van der Waals surface area (Å²) in [4.78, 5) is 18.0.